The molecule has 20 amide bonds. The number of aliphatic imine (C=N–C) groups is 2. The monoisotopic (exact) mass is 2140 g/mol. The van der Waals surface area contributed by atoms with E-state index in [4.69, 9.17) is 45.9 Å². The number of benzene rings is 4. The summed E-state index contributed by atoms with van der Waals surface area (Å²) in [6, 6.07) is 8.43. The van der Waals surface area contributed by atoms with Gasteiger partial charge in [-0.3, -0.25) is 115 Å². The van der Waals surface area contributed by atoms with Crippen LogP contribution in [-0.2, 0) is 131 Å². The Balaban J connectivity index is 0.000000401. The van der Waals surface area contributed by atoms with E-state index in [0.29, 0.717) is 35.1 Å². The molecule has 4 aliphatic heterocycles. The van der Waals surface area contributed by atoms with Crippen LogP contribution in [0.2, 0.25) is 0 Å². The van der Waals surface area contributed by atoms with E-state index in [1.807, 2.05) is 0 Å². The Labute approximate surface area is 864 Å². The van der Waals surface area contributed by atoms with Gasteiger partial charge in [0.05, 0.1) is 25.9 Å². The number of phenols is 2. The van der Waals surface area contributed by atoms with Gasteiger partial charge in [-0.25, -0.2) is 0 Å². The average molecular weight is 2140 g/mol. The second kappa shape index (κ2) is 61.9. The van der Waals surface area contributed by atoms with E-state index in [0.717, 1.165) is 43.2 Å². The van der Waals surface area contributed by atoms with Gasteiger partial charge in [-0.2, -0.15) is 0 Å². The summed E-state index contributed by atoms with van der Waals surface area (Å²) in [5.74, 6) is -21.0. The molecule has 14 atom stereocenters. The molecule has 4 fully saturated rings. The summed E-state index contributed by atoms with van der Waals surface area (Å²) in [5, 5.41) is 74.4. The zero-order valence-electron chi connectivity index (χ0n) is 80.5. The predicted octanol–water partition coefficient (Wildman–Crippen LogP) is -7.48. The van der Waals surface area contributed by atoms with E-state index < -0.39 is 266 Å². The molecule has 0 bridgehead atoms. The third-order valence-electron chi connectivity index (χ3n) is 22.9. The molecule has 4 aromatic rings. The Morgan fingerprint density at radius 3 is 1.00 bits per heavy atom. The normalized spacial score (nSPS) is 21.7. The van der Waals surface area contributed by atoms with Gasteiger partial charge >= 0.3 is 11.9 Å². The molecule has 4 saturated heterocycles. The molecule has 148 heavy (non-hydrogen) atoms. The number of aliphatic carboxylic acids is 2. The smallest absolute Gasteiger partial charge is 0.303 e. The number of hydrogen-bond acceptors (Lipinski definition) is 30. The number of nitrogens with two attached hydrogens (primary N) is 8. The molecule has 0 saturated carbocycles. The third kappa shape index (κ3) is 42.8. The van der Waals surface area contributed by atoms with Gasteiger partial charge in [-0.15, -0.1) is 0 Å². The third-order valence-corrected chi connectivity index (χ3v) is 27.8. The van der Waals surface area contributed by atoms with Gasteiger partial charge in [0.1, 0.15) is 96.1 Å². The van der Waals surface area contributed by atoms with Crippen LogP contribution >= 0.6 is 43.2 Å². The summed E-state index contributed by atoms with van der Waals surface area (Å²) < 4.78 is 0. The number of hydrogen-bond donors (Lipinski definition) is 26. The molecule has 0 aromatic heterocycles. The lowest BCUT2D eigenvalue weighted by Gasteiger charge is -2.31. The first kappa shape index (κ1) is 120. The number of primary amides is 4. The van der Waals surface area contributed by atoms with Crippen LogP contribution in [0, 0.1) is 0 Å². The van der Waals surface area contributed by atoms with Crippen LogP contribution in [-0.4, -0.2) is 319 Å². The van der Waals surface area contributed by atoms with Crippen molar-refractivity contribution in [3.63, 3.8) is 0 Å². The standard InChI is InChI=1S/2C46H63N13O13S2/c2*47-35(61)22-32-43(70)58-33(45(72)59-18-5-9-34(59)44(71)55-28(8-4-17-51-46(49)50)39(66)52-23-36(48)62)24-74-73-19-16-37(63)53-30(21-26-10-12-27(60)13-11-26)41(68)56-31(20-25-6-2-1-3-7-25)42(69)54-29(40(67)57-32)14-15-38(64)65/h2*1-3,6-7,10-13,28-34,60H,4-5,8-9,14-24H2,(H2,47,61)(H2,48,62)(H,52,66)(H,53,63)(H,54,69)(H,55,71)(H,56,68)(H,57,67)(H,58,70)(H,64,65)(H4,49,50,51)/t2*28-,29+,30+,31+,32+,33+,34+/m11/s1. The first-order valence-electron chi connectivity index (χ1n) is 47.0. The van der Waals surface area contributed by atoms with E-state index >= 15 is 0 Å². The van der Waals surface area contributed by atoms with Crippen molar-refractivity contribution >= 4 is 185 Å². The summed E-state index contributed by atoms with van der Waals surface area (Å²) in [4.78, 5) is 305. The molecule has 0 spiro atoms. The van der Waals surface area contributed by atoms with Crippen LogP contribution < -0.4 is 120 Å². The van der Waals surface area contributed by atoms with Crippen LogP contribution in [0.1, 0.15) is 125 Å². The van der Waals surface area contributed by atoms with Crippen molar-refractivity contribution in [2.24, 2.45) is 55.9 Å². The molecule has 4 aliphatic rings. The SMILES string of the molecule is NC(=O)CNC(=O)[C@@H](CCCN=C(N)N)NC(=O)[C@@H]1CCCN1C(=O)[C@@H]1CSSCCC(=O)N[C@@H](Cc2ccc(O)cc2)C(=O)N[C@@H](Cc2ccccc2)C(=O)N[C@@H](CCC(=O)O)C(=O)N[C@@H](CC(N)=O)C(=O)N1.NC(=O)CNC(=O)[C@@H](CCCN=C(N)N)NC(=O)[C@@H]1CCCN1C(=O)[C@@H]1CSSCCC(=O)N[C@@H](Cc2ccc(O)cc2)C(=O)N[C@@H](Cc2ccccc2)C(=O)N[C@@H](CCC(=O)O)C(=O)N[C@@H](CC(N)=O)C(=O)N1. The lowest BCUT2D eigenvalue weighted by atomic mass is 10.0. The number of nitrogens with one attached hydrogen (secondary N) is 14. The molecule has 8 rings (SSSR count). The fraction of sp³-hybridized carbons (Fsp3) is 0.478. The molecule has 4 aromatic carbocycles. The summed E-state index contributed by atoms with van der Waals surface area (Å²) >= 11 is 0. The molecule has 34 N–H and O–H groups in total. The topological polar surface area (TPSA) is 864 Å². The number of guanidine groups is 2. The van der Waals surface area contributed by atoms with E-state index in [-0.39, 0.29) is 150 Å². The Hall–Kier alpha value is -15.2. The van der Waals surface area contributed by atoms with Crippen molar-refractivity contribution in [1.82, 2.24) is 84.2 Å². The first-order valence-corrected chi connectivity index (χ1v) is 52.0. The Morgan fingerprint density at radius 1 is 0.378 bits per heavy atom. The summed E-state index contributed by atoms with van der Waals surface area (Å²) in [6.07, 6.45) is -3.58. The van der Waals surface area contributed by atoms with E-state index in [2.05, 4.69) is 84.4 Å². The zero-order chi connectivity index (χ0) is 109. The van der Waals surface area contributed by atoms with Gasteiger partial charge in [0, 0.05) is 101 Å². The number of rotatable bonds is 38. The molecule has 0 radical (unpaired) electrons. The van der Waals surface area contributed by atoms with Crippen molar-refractivity contribution in [3.05, 3.63) is 131 Å². The van der Waals surface area contributed by atoms with Crippen molar-refractivity contribution < 1.29 is 126 Å². The average Bonchev–Trinajstić information content (AvgIpc) is 1.67. The number of aromatic hydroxyl groups is 2. The first-order chi connectivity index (χ1) is 70.4. The van der Waals surface area contributed by atoms with Crippen molar-refractivity contribution in [2.45, 2.75) is 213 Å². The van der Waals surface area contributed by atoms with E-state index in [1.54, 1.807) is 84.9 Å². The lowest BCUT2D eigenvalue weighted by Crippen LogP contribution is -2.61. The van der Waals surface area contributed by atoms with Crippen LogP contribution in [0.3, 0.4) is 0 Å². The maximum Gasteiger partial charge on any atom is 0.303 e. The minimum Gasteiger partial charge on any atom is -0.508 e. The highest BCUT2D eigenvalue weighted by atomic mass is 33.1. The maximum absolute atomic E-state index is 14.5. The van der Waals surface area contributed by atoms with E-state index in [9.17, 15) is 126 Å². The number of carbonyl (C=O) groups is 22. The van der Waals surface area contributed by atoms with Crippen LogP contribution in [0.4, 0.5) is 0 Å². The van der Waals surface area contributed by atoms with Gasteiger partial charge in [0.15, 0.2) is 11.9 Å². The fourth-order valence-corrected chi connectivity index (χ4v) is 19.8. The number of amides is 20. The second-order valence-electron chi connectivity index (χ2n) is 34.5. The fourth-order valence-electron chi connectivity index (χ4n) is 15.5. The van der Waals surface area contributed by atoms with Crippen LogP contribution in [0.5, 0.6) is 11.5 Å². The molecular formula is C92H126N26O26S4. The molecule has 0 aliphatic carbocycles. The predicted molar refractivity (Wildman–Crippen MR) is 541 cm³/mol. The van der Waals surface area contributed by atoms with Crippen LogP contribution in [0.25, 0.3) is 0 Å². The molecule has 0 unspecified atom stereocenters. The lowest BCUT2D eigenvalue weighted by molar-refractivity contribution is -0.142. The quantitative estimate of drug-likeness (QED) is 0.00858. The largest absolute Gasteiger partial charge is 0.508 e. The molecule has 804 valence electrons. The van der Waals surface area contributed by atoms with Crippen LogP contribution in [0.15, 0.2) is 119 Å². The number of carbonyl (C=O) groups excluding carboxylic acids is 20. The zero-order valence-corrected chi connectivity index (χ0v) is 83.8. The highest BCUT2D eigenvalue weighted by molar-refractivity contribution is 8.77. The van der Waals surface area contributed by atoms with Crippen molar-refractivity contribution in [3.8, 4) is 11.5 Å². The van der Waals surface area contributed by atoms with Gasteiger partial charge in [-0.05, 0) is 111 Å². The van der Waals surface area contributed by atoms with Crippen molar-refractivity contribution in [2.75, 3.05) is 62.3 Å². The Bertz CT molecular complexity index is 5080. The Morgan fingerprint density at radius 2 is 0.682 bits per heavy atom. The summed E-state index contributed by atoms with van der Waals surface area (Å²) in [5.41, 5.74) is 45.3. The molecular weight excluding hydrogens is 2010 g/mol. The van der Waals surface area contributed by atoms with Gasteiger partial charge in [0.25, 0.3) is 0 Å². The number of likely N-dealkylation sites (tertiary alicyclic amines) is 2. The number of carboxylic acids is 2. The van der Waals surface area contributed by atoms with Gasteiger partial charge < -0.3 is 151 Å². The van der Waals surface area contributed by atoms with Crippen molar-refractivity contribution in [1.29, 1.82) is 0 Å². The molecule has 4 heterocycles. The number of phenolic OH excluding ortho intramolecular Hbond substituents is 2. The minimum absolute atomic E-state index is 0.00665. The number of carboxylic acid groups (broad SMARTS) is 2. The van der Waals surface area contributed by atoms with E-state index in [1.165, 1.54) is 34.1 Å². The second-order valence-corrected chi connectivity index (χ2v) is 39.8. The molecule has 56 heteroatoms. The Kier molecular flexibility index (Phi) is 50.1. The summed E-state index contributed by atoms with van der Waals surface area (Å²) in [7, 11) is 4.33. The van der Waals surface area contributed by atoms with Gasteiger partial charge in [0.2, 0.25) is 118 Å². The highest BCUT2D eigenvalue weighted by Gasteiger charge is 2.44. The summed E-state index contributed by atoms with van der Waals surface area (Å²) in [6.45, 7) is -0.844. The minimum atomic E-state index is -1.80. The number of nitrogens with zero attached hydrogens (tertiary/aromatic N) is 4. The molecule has 52 nitrogen and oxygen atoms in total. The van der Waals surface area contributed by atoms with Gasteiger partial charge in [-0.1, -0.05) is 128 Å². The highest BCUT2D eigenvalue weighted by Crippen LogP contribution is 2.29. The maximum atomic E-state index is 14.5.